The number of fused-ring (bicyclic) bond motifs is 2. The summed E-state index contributed by atoms with van der Waals surface area (Å²) in [7, 11) is 0. The van der Waals surface area contributed by atoms with E-state index >= 15 is 0 Å². The fraction of sp³-hybridized carbons (Fsp3) is 0.438. The normalized spacial score (nSPS) is 26.4. The van der Waals surface area contributed by atoms with Crippen molar-refractivity contribution in [3.05, 3.63) is 42.2 Å². The summed E-state index contributed by atoms with van der Waals surface area (Å²) in [6, 6.07) is 8.27. The Balaban J connectivity index is 1.46. The van der Waals surface area contributed by atoms with E-state index in [0.29, 0.717) is 0 Å². The third-order valence-electron chi connectivity index (χ3n) is 4.70. The zero-order valence-electron chi connectivity index (χ0n) is 12.1. The van der Waals surface area contributed by atoms with Gasteiger partial charge in [0.25, 0.3) is 0 Å². The maximum atomic E-state index is 4.01. The van der Waals surface area contributed by atoms with Gasteiger partial charge in [-0.1, -0.05) is 18.2 Å². The third kappa shape index (κ3) is 2.33. The van der Waals surface area contributed by atoms with Gasteiger partial charge in [-0.15, -0.1) is 5.10 Å². The molecule has 2 aliphatic rings. The molecule has 4 rings (SSSR count). The predicted molar refractivity (Wildman–Crippen MR) is 81.2 cm³/mol. The average Bonchev–Trinajstić information content (AvgIpc) is 3.21. The Kier molecular flexibility index (Phi) is 2.98. The van der Waals surface area contributed by atoms with Crippen molar-refractivity contribution >= 4 is 5.69 Å². The molecule has 0 amide bonds. The van der Waals surface area contributed by atoms with Gasteiger partial charge in [0.15, 0.2) is 5.82 Å². The van der Waals surface area contributed by atoms with E-state index in [1.165, 1.54) is 12.8 Å². The van der Waals surface area contributed by atoms with Crippen molar-refractivity contribution in [2.75, 3.05) is 11.9 Å². The molecule has 2 aromatic rings. The number of anilines is 1. The van der Waals surface area contributed by atoms with Gasteiger partial charge < -0.3 is 5.32 Å². The second kappa shape index (κ2) is 4.98. The molecule has 0 saturated heterocycles. The minimum atomic E-state index is 0.776. The van der Waals surface area contributed by atoms with Gasteiger partial charge in [-0.2, -0.15) is 4.68 Å². The molecule has 1 fully saturated rings. The molecule has 2 bridgehead atoms. The molecule has 3 atom stereocenters. The smallest absolute Gasteiger partial charge is 0.153 e. The van der Waals surface area contributed by atoms with Crippen LogP contribution in [0.5, 0.6) is 0 Å². The minimum Gasteiger partial charge on any atom is -0.385 e. The molecule has 0 aliphatic heterocycles. The molecule has 2 aliphatic carbocycles. The lowest BCUT2D eigenvalue weighted by Crippen LogP contribution is -2.18. The van der Waals surface area contributed by atoms with Gasteiger partial charge in [0, 0.05) is 12.2 Å². The molecule has 1 heterocycles. The van der Waals surface area contributed by atoms with Crippen molar-refractivity contribution < 1.29 is 0 Å². The number of tetrazole rings is 1. The van der Waals surface area contributed by atoms with E-state index in [4.69, 9.17) is 0 Å². The van der Waals surface area contributed by atoms with Crippen LogP contribution < -0.4 is 5.32 Å². The number of benzene rings is 1. The van der Waals surface area contributed by atoms with E-state index in [1.807, 2.05) is 19.1 Å². The van der Waals surface area contributed by atoms with Crippen molar-refractivity contribution in [3.8, 4) is 5.69 Å². The Morgan fingerprint density at radius 1 is 1.29 bits per heavy atom. The standard InChI is InChI=1S/C16H19N5/c1-11-18-19-20-21(11)16-4-2-3-15(9-16)17-10-14-8-12-5-6-13(14)7-12/h2-6,9,12-14,17H,7-8,10H2,1H3. The Morgan fingerprint density at radius 2 is 2.24 bits per heavy atom. The average molecular weight is 281 g/mol. The Hall–Kier alpha value is -2.17. The van der Waals surface area contributed by atoms with Crippen LogP contribution in [0.3, 0.4) is 0 Å². The molecular formula is C16H19N5. The van der Waals surface area contributed by atoms with Crippen molar-refractivity contribution in [1.82, 2.24) is 20.2 Å². The summed E-state index contributed by atoms with van der Waals surface area (Å²) in [5.41, 5.74) is 2.13. The molecule has 108 valence electrons. The molecule has 5 heteroatoms. The van der Waals surface area contributed by atoms with E-state index in [1.54, 1.807) is 4.68 Å². The predicted octanol–water partition coefficient (Wildman–Crippen LogP) is 2.59. The second-order valence-electron chi connectivity index (χ2n) is 6.11. The lowest BCUT2D eigenvalue weighted by Gasteiger charge is -2.19. The Morgan fingerprint density at radius 3 is 2.95 bits per heavy atom. The first-order chi connectivity index (χ1) is 10.3. The van der Waals surface area contributed by atoms with Crippen LogP contribution in [-0.4, -0.2) is 26.8 Å². The Labute approximate surface area is 124 Å². The van der Waals surface area contributed by atoms with E-state index in [9.17, 15) is 0 Å². The summed E-state index contributed by atoms with van der Waals surface area (Å²) in [5.74, 6) is 3.19. The first-order valence-corrected chi connectivity index (χ1v) is 7.57. The zero-order chi connectivity index (χ0) is 14.2. The van der Waals surface area contributed by atoms with Crippen molar-refractivity contribution in [1.29, 1.82) is 0 Å². The fourth-order valence-corrected chi connectivity index (χ4v) is 3.60. The number of rotatable bonds is 4. The van der Waals surface area contributed by atoms with E-state index in [-0.39, 0.29) is 0 Å². The largest absolute Gasteiger partial charge is 0.385 e. The van der Waals surface area contributed by atoms with Gasteiger partial charge in [-0.25, -0.2) is 0 Å². The first kappa shape index (κ1) is 12.6. The second-order valence-corrected chi connectivity index (χ2v) is 6.11. The number of aryl methyl sites for hydroxylation is 1. The summed E-state index contributed by atoms with van der Waals surface area (Å²) >= 11 is 0. The minimum absolute atomic E-state index is 0.776. The van der Waals surface area contributed by atoms with E-state index in [0.717, 1.165) is 41.5 Å². The summed E-state index contributed by atoms with van der Waals surface area (Å²) in [4.78, 5) is 0. The topological polar surface area (TPSA) is 55.6 Å². The zero-order valence-corrected chi connectivity index (χ0v) is 12.1. The van der Waals surface area contributed by atoms with Crippen LogP contribution in [0.15, 0.2) is 36.4 Å². The highest BCUT2D eigenvalue weighted by molar-refractivity contribution is 5.51. The highest BCUT2D eigenvalue weighted by Crippen LogP contribution is 2.43. The molecule has 1 aromatic heterocycles. The van der Waals surface area contributed by atoms with Gasteiger partial charge in [0.05, 0.1) is 5.69 Å². The number of aromatic nitrogens is 4. The lowest BCUT2D eigenvalue weighted by atomic mass is 9.93. The number of hydrogen-bond donors (Lipinski definition) is 1. The number of nitrogens with one attached hydrogen (secondary N) is 1. The highest BCUT2D eigenvalue weighted by Gasteiger charge is 2.35. The van der Waals surface area contributed by atoms with Gasteiger partial charge in [-0.3, -0.25) is 0 Å². The van der Waals surface area contributed by atoms with Crippen LogP contribution in [0, 0.1) is 24.7 Å². The maximum Gasteiger partial charge on any atom is 0.153 e. The first-order valence-electron chi connectivity index (χ1n) is 7.57. The molecule has 1 N–H and O–H groups in total. The van der Waals surface area contributed by atoms with Gasteiger partial charge in [0.2, 0.25) is 0 Å². The quantitative estimate of drug-likeness (QED) is 0.875. The molecule has 3 unspecified atom stereocenters. The molecule has 1 aromatic carbocycles. The Bertz CT molecular complexity index is 675. The van der Waals surface area contributed by atoms with Crippen LogP contribution >= 0.6 is 0 Å². The third-order valence-corrected chi connectivity index (χ3v) is 4.70. The molecule has 5 nitrogen and oxygen atoms in total. The van der Waals surface area contributed by atoms with E-state index < -0.39 is 0 Å². The van der Waals surface area contributed by atoms with Crippen LogP contribution in [0.25, 0.3) is 5.69 Å². The molecule has 0 radical (unpaired) electrons. The summed E-state index contributed by atoms with van der Waals surface area (Å²) < 4.78 is 1.76. The highest BCUT2D eigenvalue weighted by atomic mass is 15.5. The van der Waals surface area contributed by atoms with Gasteiger partial charge in [-0.05, 0) is 66.1 Å². The monoisotopic (exact) mass is 281 g/mol. The van der Waals surface area contributed by atoms with Crippen LogP contribution in [-0.2, 0) is 0 Å². The van der Waals surface area contributed by atoms with Crippen LogP contribution in [0.2, 0.25) is 0 Å². The number of hydrogen-bond acceptors (Lipinski definition) is 4. The van der Waals surface area contributed by atoms with E-state index in [2.05, 4.69) is 45.1 Å². The van der Waals surface area contributed by atoms with Gasteiger partial charge in [0.1, 0.15) is 0 Å². The molecule has 21 heavy (non-hydrogen) atoms. The van der Waals surface area contributed by atoms with Crippen LogP contribution in [0.1, 0.15) is 18.7 Å². The summed E-state index contributed by atoms with van der Waals surface area (Å²) in [5, 5.41) is 15.2. The van der Waals surface area contributed by atoms with Gasteiger partial charge >= 0.3 is 0 Å². The SMILES string of the molecule is Cc1nnnn1-c1cccc(NCC2CC3C=CC2C3)c1. The maximum absolute atomic E-state index is 4.01. The molecule has 1 saturated carbocycles. The van der Waals surface area contributed by atoms with Crippen molar-refractivity contribution in [2.45, 2.75) is 19.8 Å². The number of nitrogens with zero attached hydrogens (tertiary/aromatic N) is 4. The molecule has 0 spiro atoms. The molecular weight excluding hydrogens is 262 g/mol. The summed E-state index contributed by atoms with van der Waals surface area (Å²) in [6.45, 7) is 2.95. The van der Waals surface area contributed by atoms with Crippen molar-refractivity contribution in [3.63, 3.8) is 0 Å². The van der Waals surface area contributed by atoms with Crippen molar-refractivity contribution in [2.24, 2.45) is 17.8 Å². The lowest BCUT2D eigenvalue weighted by molar-refractivity contribution is 0.472. The summed E-state index contributed by atoms with van der Waals surface area (Å²) in [6.07, 6.45) is 7.49. The van der Waals surface area contributed by atoms with Crippen LogP contribution in [0.4, 0.5) is 5.69 Å². The fourth-order valence-electron chi connectivity index (χ4n) is 3.60. The number of allylic oxidation sites excluding steroid dienone is 2.